The Morgan fingerprint density at radius 1 is 1.33 bits per heavy atom. The van der Waals surface area contributed by atoms with E-state index in [1.54, 1.807) is 0 Å². The molecule has 1 aromatic carbocycles. The van der Waals surface area contributed by atoms with E-state index in [4.69, 9.17) is 11.6 Å². The third-order valence-corrected chi connectivity index (χ3v) is 4.76. The van der Waals surface area contributed by atoms with Crippen molar-refractivity contribution in [3.63, 3.8) is 0 Å². The number of nitrogens with one attached hydrogen (secondary N) is 1. The molecule has 1 aliphatic rings. The van der Waals surface area contributed by atoms with Gasteiger partial charge in [0, 0.05) is 24.7 Å². The van der Waals surface area contributed by atoms with Gasteiger partial charge in [-0.3, -0.25) is 9.59 Å². The van der Waals surface area contributed by atoms with Crippen molar-refractivity contribution in [3.05, 3.63) is 47.0 Å². The lowest BCUT2D eigenvalue weighted by Gasteiger charge is -2.37. The van der Waals surface area contributed by atoms with Gasteiger partial charge in [0.1, 0.15) is 0 Å². The highest BCUT2D eigenvalue weighted by Gasteiger charge is 2.36. The second-order valence-corrected chi connectivity index (χ2v) is 6.94. The van der Waals surface area contributed by atoms with Crippen LogP contribution < -0.4 is 5.32 Å². The summed E-state index contributed by atoms with van der Waals surface area (Å²) in [6, 6.07) is 3.33. The monoisotopic (exact) mass is 404 g/mol. The number of piperidine rings is 1. The maximum atomic E-state index is 13.1. The SMILES string of the molecule is C=CC(=O)N1CCC(O)(CC(=O)NCc2ccc(Cl)cc2C(F)(F)F)CC1. The van der Waals surface area contributed by atoms with E-state index >= 15 is 0 Å². The lowest BCUT2D eigenvalue weighted by Crippen LogP contribution is -2.48. The van der Waals surface area contributed by atoms with E-state index < -0.39 is 23.2 Å². The maximum absolute atomic E-state index is 13.1. The molecule has 148 valence electrons. The average molecular weight is 405 g/mol. The van der Waals surface area contributed by atoms with Crippen LogP contribution in [0.4, 0.5) is 13.2 Å². The number of nitrogens with zero attached hydrogens (tertiary/aromatic N) is 1. The van der Waals surface area contributed by atoms with E-state index in [2.05, 4.69) is 11.9 Å². The van der Waals surface area contributed by atoms with Crippen LogP contribution in [0.3, 0.4) is 0 Å². The van der Waals surface area contributed by atoms with Crippen molar-refractivity contribution in [1.82, 2.24) is 10.2 Å². The molecule has 2 amide bonds. The third kappa shape index (κ3) is 5.71. The van der Waals surface area contributed by atoms with Crippen LogP contribution in [0.25, 0.3) is 0 Å². The van der Waals surface area contributed by atoms with E-state index in [0.29, 0.717) is 0 Å². The van der Waals surface area contributed by atoms with Crippen molar-refractivity contribution >= 4 is 23.4 Å². The number of alkyl halides is 3. The molecule has 2 N–H and O–H groups in total. The predicted molar refractivity (Wildman–Crippen MR) is 93.9 cm³/mol. The molecule has 1 fully saturated rings. The van der Waals surface area contributed by atoms with Gasteiger partial charge in [0.05, 0.1) is 17.6 Å². The Hall–Kier alpha value is -2.06. The molecule has 5 nitrogen and oxygen atoms in total. The molecule has 1 aliphatic heterocycles. The molecule has 0 unspecified atom stereocenters. The Morgan fingerprint density at radius 2 is 1.96 bits per heavy atom. The second kappa shape index (κ2) is 8.31. The summed E-state index contributed by atoms with van der Waals surface area (Å²) >= 11 is 5.62. The quantitative estimate of drug-likeness (QED) is 0.741. The Kier molecular flexibility index (Phi) is 6.54. The molecule has 9 heteroatoms. The molecule has 2 rings (SSSR count). The standard InChI is InChI=1S/C18H20ClF3N2O3/c1-2-16(26)24-7-5-17(27,6-8-24)10-15(25)23-11-12-3-4-13(19)9-14(12)18(20,21)22/h2-4,9,27H,1,5-8,10-11H2,(H,23,25). The fraction of sp³-hybridized carbons (Fsp3) is 0.444. The third-order valence-electron chi connectivity index (χ3n) is 4.52. The van der Waals surface area contributed by atoms with Gasteiger partial charge in [-0.2, -0.15) is 13.2 Å². The Morgan fingerprint density at radius 3 is 2.52 bits per heavy atom. The molecule has 0 aromatic heterocycles. The van der Waals surface area contributed by atoms with E-state index in [1.165, 1.54) is 23.1 Å². The summed E-state index contributed by atoms with van der Waals surface area (Å²) in [6.45, 7) is 3.63. The summed E-state index contributed by atoms with van der Waals surface area (Å²) in [4.78, 5) is 25.2. The van der Waals surface area contributed by atoms with Crippen LogP contribution in [0.1, 0.15) is 30.4 Å². The molecule has 0 atom stereocenters. The molecule has 0 saturated carbocycles. The van der Waals surface area contributed by atoms with Crippen molar-refractivity contribution in [3.8, 4) is 0 Å². The smallest absolute Gasteiger partial charge is 0.389 e. The molecular weight excluding hydrogens is 385 g/mol. The number of aliphatic hydroxyl groups is 1. The number of carbonyl (C=O) groups excluding carboxylic acids is 2. The van der Waals surface area contributed by atoms with Crippen LogP contribution in [-0.4, -0.2) is 40.5 Å². The lowest BCUT2D eigenvalue weighted by atomic mass is 9.88. The van der Waals surface area contributed by atoms with Gasteiger partial charge < -0.3 is 15.3 Å². The minimum absolute atomic E-state index is 0.0486. The van der Waals surface area contributed by atoms with Crippen molar-refractivity contribution in [2.24, 2.45) is 0 Å². The molecule has 0 spiro atoms. The molecule has 1 saturated heterocycles. The molecule has 1 aromatic rings. The summed E-state index contributed by atoms with van der Waals surface area (Å²) in [5.74, 6) is -0.812. The van der Waals surface area contributed by atoms with Crippen LogP contribution in [0, 0.1) is 0 Å². The van der Waals surface area contributed by atoms with E-state index in [-0.39, 0.29) is 55.4 Å². The fourth-order valence-electron chi connectivity index (χ4n) is 2.97. The number of halogens is 4. The molecule has 0 aliphatic carbocycles. The van der Waals surface area contributed by atoms with Gasteiger partial charge >= 0.3 is 6.18 Å². The lowest BCUT2D eigenvalue weighted by molar-refractivity contribution is -0.139. The van der Waals surface area contributed by atoms with Gasteiger partial charge in [0.25, 0.3) is 0 Å². The zero-order chi connectivity index (χ0) is 20.2. The molecule has 27 heavy (non-hydrogen) atoms. The highest BCUT2D eigenvalue weighted by Crippen LogP contribution is 2.34. The predicted octanol–water partition coefficient (Wildman–Crippen LogP) is 2.90. The molecule has 0 radical (unpaired) electrons. The summed E-state index contributed by atoms with van der Waals surface area (Å²) in [5, 5.41) is 12.9. The van der Waals surface area contributed by atoms with Crippen molar-refractivity contribution in [1.29, 1.82) is 0 Å². The Bertz CT molecular complexity index is 729. The Balaban J connectivity index is 1.94. The topological polar surface area (TPSA) is 69.6 Å². The number of hydrogen-bond donors (Lipinski definition) is 2. The largest absolute Gasteiger partial charge is 0.416 e. The number of carbonyl (C=O) groups is 2. The summed E-state index contributed by atoms with van der Waals surface area (Å²) in [7, 11) is 0. The van der Waals surface area contributed by atoms with Gasteiger partial charge in [-0.1, -0.05) is 24.2 Å². The normalized spacial score (nSPS) is 16.7. The van der Waals surface area contributed by atoms with Gasteiger partial charge in [0.15, 0.2) is 0 Å². The van der Waals surface area contributed by atoms with Crippen LogP contribution in [0.5, 0.6) is 0 Å². The first kappa shape index (κ1) is 21.2. The average Bonchev–Trinajstić information content (AvgIpc) is 2.59. The van der Waals surface area contributed by atoms with E-state index in [1.807, 2.05) is 0 Å². The van der Waals surface area contributed by atoms with Crippen LogP contribution in [0.15, 0.2) is 30.9 Å². The van der Waals surface area contributed by atoms with E-state index in [9.17, 15) is 27.9 Å². The highest BCUT2D eigenvalue weighted by molar-refractivity contribution is 6.30. The molecular formula is C18H20ClF3N2O3. The first-order valence-corrected chi connectivity index (χ1v) is 8.68. The first-order chi connectivity index (χ1) is 12.5. The van der Waals surface area contributed by atoms with Crippen LogP contribution in [-0.2, 0) is 22.3 Å². The van der Waals surface area contributed by atoms with Gasteiger partial charge in [-0.05, 0) is 36.6 Å². The molecule has 0 bridgehead atoms. The molecule has 1 heterocycles. The Labute approximate surface area is 159 Å². The summed E-state index contributed by atoms with van der Waals surface area (Å²) < 4.78 is 39.2. The maximum Gasteiger partial charge on any atom is 0.416 e. The zero-order valence-corrected chi connectivity index (χ0v) is 15.2. The number of amides is 2. The van der Waals surface area contributed by atoms with E-state index in [0.717, 1.165) is 6.07 Å². The number of hydrogen-bond acceptors (Lipinski definition) is 3. The number of rotatable bonds is 5. The van der Waals surface area contributed by atoms with Crippen molar-refractivity contribution in [2.45, 2.75) is 37.6 Å². The van der Waals surface area contributed by atoms with Crippen LogP contribution in [0.2, 0.25) is 5.02 Å². The minimum Gasteiger partial charge on any atom is -0.389 e. The first-order valence-electron chi connectivity index (χ1n) is 8.30. The van der Waals surface area contributed by atoms with Gasteiger partial charge in [-0.25, -0.2) is 0 Å². The highest BCUT2D eigenvalue weighted by atomic mass is 35.5. The summed E-state index contributed by atoms with van der Waals surface area (Å²) in [6.07, 6.45) is -3.25. The zero-order valence-electron chi connectivity index (χ0n) is 14.5. The van der Waals surface area contributed by atoms with Crippen molar-refractivity contribution in [2.75, 3.05) is 13.1 Å². The summed E-state index contributed by atoms with van der Waals surface area (Å²) in [5.41, 5.74) is -2.32. The van der Waals surface area contributed by atoms with Gasteiger partial charge in [0.2, 0.25) is 11.8 Å². The second-order valence-electron chi connectivity index (χ2n) is 6.51. The fourth-order valence-corrected chi connectivity index (χ4v) is 3.14. The number of benzene rings is 1. The van der Waals surface area contributed by atoms with Crippen LogP contribution >= 0.6 is 11.6 Å². The minimum atomic E-state index is -4.59. The van der Waals surface area contributed by atoms with Crippen molar-refractivity contribution < 1.29 is 27.9 Å². The van der Waals surface area contributed by atoms with Gasteiger partial charge in [-0.15, -0.1) is 0 Å². The number of likely N-dealkylation sites (tertiary alicyclic amines) is 1.